The lowest BCUT2D eigenvalue weighted by Crippen LogP contribution is -1.73. The van der Waals surface area contributed by atoms with Crippen LogP contribution >= 0.6 is 60.8 Å². The number of hydrogen-bond donors (Lipinski definition) is 0. The summed E-state index contributed by atoms with van der Waals surface area (Å²) >= 11 is 7.37. The monoisotopic (exact) mass is 562 g/mol. The lowest BCUT2D eigenvalue weighted by molar-refractivity contribution is 1.62. The van der Waals surface area contributed by atoms with E-state index in [1.54, 1.807) is 0 Å². The summed E-state index contributed by atoms with van der Waals surface area (Å²) in [5.74, 6) is 0. The van der Waals surface area contributed by atoms with E-state index in [9.17, 15) is 0 Å². The average molecular weight is 562 g/mol. The van der Waals surface area contributed by atoms with Gasteiger partial charge in [-0.25, -0.2) is 0 Å². The summed E-state index contributed by atoms with van der Waals surface area (Å²) in [5, 5.41) is 0. The van der Waals surface area contributed by atoms with Gasteiger partial charge in [0, 0.05) is 0 Å². The lowest BCUT2D eigenvalue weighted by Gasteiger charge is -1.98. The smallest absolute Gasteiger partial charge is 0.175 e. The molecule has 0 aliphatic heterocycles. The van der Waals surface area contributed by atoms with Crippen LogP contribution in [0.3, 0.4) is 0 Å². The van der Waals surface area contributed by atoms with Gasteiger partial charge < -0.3 is 0 Å². The van der Waals surface area contributed by atoms with Gasteiger partial charge in [0.2, 0.25) is 0 Å². The molecule has 0 saturated carbocycles. The normalized spacial score (nSPS) is 8.94. The van der Waals surface area contributed by atoms with Crippen molar-refractivity contribution in [1.29, 1.82) is 0 Å². The maximum atomic E-state index is 2.46. The molecule has 0 N–H and O–H groups in total. The first-order chi connectivity index (χ1) is 7.70. The summed E-state index contributed by atoms with van der Waals surface area (Å²) in [4.78, 5) is 0. The first-order valence-corrected chi connectivity index (χ1v) is 17.2. The van der Waals surface area contributed by atoms with E-state index in [1.807, 2.05) is 12.1 Å². The predicted molar refractivity (Wildman–Crippen MR) is 99.7 cm³/mol. The Hall–Kier alpha value is 1.16. The van der Waals surface area contributed by atoms with Crippen LogP contribution in [-0.4, -0.2) is 4.30 Å². The van der Waals surface area contributed by atoms with E-state index in [-0.39, 0.29) is 4.30 Å². The summed E-state index contributed by atoms with van der Waals surface area (Å²) in [7, 11) is 0. The van der Waals surface area contributed by atoms with E-state index in [4.69, 9.17) is 0 Å². The highest BCUT2D eigenvalue weighted by Gasteiger charge is 1.94. The molecule has 16 heavy (non-hydrogen) atoms. The van der Waals surface area contributed by atoms with E-state index in [1.165, 1.54) is 11.1 Å². The Morgan fingerprint density at radius 2 is 0.812 bits per heavy atom. The molecule has 2 aromatic carbocycles. The molecule has 0 aromatic heterocycles. The maximum absolute atomic E-state index is 2.46. The molecule has 0 aliphatic rings. The minimum absolute atomic E-state index is 0.229. The highest BCUT2D eigenvalue weighted by atomic mass is 127. The quantitative estimate of drug-likeness (QED) is 0.313. The molecule has 0 bridgehead atoms. The van der Waals surface area contributed by atoms with Gasteiger partial charge in [0.15, 0.2) is 0 Å². The zero-order valence-electron chi connectivity index (χ0n) is 8.48. The van der Waals surface area contributed by atoms with E-state index >= 15 is 0 Å². The molecule has 0 radical (unpaired) electrons. The Morgan fingerprint density at radius 3 is 1.06 bits per heavy atom. The standard InChI is InChI=1S/C12H10.Al.3HI/c1-3-7-11(8-4-1)12-9-5-2-6-10-12;;;;/h1-10H;;3*1H/q;+3;;;/p-3. The van der Waals surface area contributed by atoms with Crippen molar-refractivity contribution < 1.29 is 0 Å². The van der Waals surface area contributed by atoms with Crippen LogP contribution in [0.25, 0.3) is 11.1 Å². The average Bonchev–Trinajstić information content (AvgIpc) is 2.31. The van der Waals surface area contributed by atoms with Crippen LogP contribution < -0.4 is 0 Å². The summed E-state index contributed by atoms with van der Waals surface area (Å²) in [6.45, 7) is 0. The first kappa shape index (κ1) is 15.2. The summed E-state index contributed by atoms with van der Waals surface area (Å²) in [6.07, 6.45) is 0. The molecule has 2 aromatic rings. The van der Waals surface area contributed by atoms with Crippen LogP contribution in [0.5, 0.6) is 0 Å². The van der Waals surface area contributed by atoms with Crippen LogP contribution in [0.4, 0.5) is 0 Å². The third kappa shape index (κ3) is 6.79. The fourth-order valence-corrected chi connectivity index (χ4v) is 1.26. The van der Waals surface area contributed by atoms with E-state index in [0.29, 0.717) is 0 Å². The summed E-state index contributed by atoms with van der Waals surface area (Å²) < 4.78 is -0.229. The molecule has 0 saturated heterocycles. The molecule has 82 valence electrons. The molecule has 0 aliphatic carbocycles. The number of rotatable bonds is 1. The fourth-order valence-electron chi connectivity index (χ4n) is 1.26. The topological polar surface area (TPSA) is 0 Å². The molecule has 0 nitrogen and oxygen atoms in total. The third-order valence-electron chi connectivity index (χ3n) is 1.88. The van der Waals surface area contributed by atoms with Gasteiger partial charge in [0.05, 0.1) is 0 Å². The Morgan fingerprint density at radius 1 is 0.562 bits per heavy atom. The van der Waals surface area contributed by atoms with Crippen molar-refractivity contribution in [2.24, 2.45) is 0 Å². The van der Waals surface area contributed by atoms with E-state index in [2.05, 4.69) is 109 Å². The van der Waals surface area contributed by atoms with Crippen LogP contribution in [0.2, 0.25) is 0 Å². The van der Waals surface area contributed by atoms with Crippen molar-refractivity contribution in [3.05, 3.63) is 60.7 Å². The minimum atomic E-state index is -0.229. The van der Waals surface area contributed by atoms with Crippen molar-refractivity contribution in [1.82, 2.24) is 0 Å². The van der Waals surface area contributed by atoms with Gasteiger partial charge in [0.1, 0.15) is 0 Å². The van der Waals surface area contributed by atoms with E-state index < -0.39 is 0 Å². The first-order valence-electron chi connectivity index (χ1n) is 4.73. The number of benzene rings is 2. The van der Waals surface area contributed by atoms with Crippen LogP contribution in [0, 0.1) is 0 Å². The van der Waals surface area contributed by atoms with Gasteiger partial charge in [-0.3, -0.25) is 0 Å². The molecule has 0 atom stereocenters. The predicted octanol–water partition coefficient (Wildman–Crippen LogP) is 5.63. The second kappa shape index (κ2) is 9.14. The van der Waals surface area contributed by atoms with E-state index in [0.717, 1.165) is 0 Å². The Kier molecular flexibility index (Phi) is 8.70. The fraction of sp³-hybridized carbons (Fsp3) is 0. The molecular formula is C12H10AlI3. The summed E-state index contributed by atoms with van der Waals surface area (Å²) in [5.41, 5.74) is 2.55. The molecule has 0 heterocycles. The van der Waals surface area contributed by atoms with Gasteiger partial charge in [-0.1, -0.05) is 60.7 Å². The Labute approximate surface area is 135 Å². The minimum Gasteiger partial charge on any atom is -0.175 e. The molecule has 0 amide bonds. The Balaban J connectivity index is 0.000000280. The summed E-state index contributed by atoms with van der Waals surface area (Å²) in [6, 6.07) is 20.8. The van der Waals surface area contributed by atoms with Crippen molar-refractivity contribution in [3.63, 3.8) is 0 Å². The SMILES string of the molecule is [I][Al]([I])[I].c1ccc(-c2ccccc2)cc1. The second-order valence-corrected chi connectivity index (χ2v) is 36.1. The molecule has 4 heteroatoms. The molecule has 0 unspecified atom stereocenters. The largest absolute Gasteiger partial charge is 0.524 e. The zero-order chi connectivity index (χ0) is 11.8. The molecule has 2 rings (SSSR count). The maximum Gasteiger partial charge on any atom is 0.524 e. The van der Waals surface area contributed by atoms with Crippen molar-refractivity contribution in [2.75, 3.05) is 0 Å². The van der Waals surface area contributed by atoms with Crippen molar-refractivity contribution in [2.45, 2.75) is 0 Å². The third-order valence-corrected chi connectivity index (χ3v) is 1.88. The zero-order valence-corrected chi connectivity index (χ0v) is 16.1. The molecule has 0 fully saturated rings. The molecular weight excluding hydrogens is 552 g/mol. The van der Waals surface area contributed by atoms with Gasteiger partial charge in [-0.05, 0) is 11.1 Å². The lowest BCUT2D eigenvalue weighted by atomic mass is 10.1. The Bertz CT molecular complexity index is 349. The van der Waals surface area contributed by atoms with Gasteiger partial charge in [0.25, 0.3) is 0 Å². The van der Waals surface area contributed by atoms with Crippen LogP contribution in [0.1, 0.15) is 0 Å². The highest BCUT2D eigenvalue weighted by Crippen LogP contribution is 2.17. The van der Waals surface area contributed by atoms with Crippen molar-refractivity contribution in [3.8, 4) is 11.1 Å². The molecule has 0 spiro atoms. The van der Waals surface area contributed by atoms with Crippen molar-refractivity contribution >= 4 is 65.1 Å². The van der Waals surface area contributed by atoms with Gasteiger partial charge in [-0.15, -0.1) is 0 Å². The van der Waals surface area contributed by atoms with Gasteiger partial charge >= 0.3 is 4.30 Å². The number of hydrogen-bond acceptors (Lipinski definition) is 0. The van der Waals surface area contributed by atoms with Gasteiger partial charge in [-0.2, -0.15) is 60.8 Å². The number of halogens is 3. The van der Waals surface area contributed by atoms with Crippen LogP contribution in [-0.2, 0) is 0 Å². The second-order valence-electron chi connectivity index (χ2n) is 2.98. The van der Waals surface area contributed by atoms with Crippen LogP contribution in [0.15, 0.2) is 60.7 Å². The highest BCUT2D eigenvalue weighted by molar-refractivity contribution is 14.4.